The summed E-state index contributed by atoms with van der Waals surface area (Å²) in [6.45, 7) is 0. The predicted octanol–water partition coefficient (Wildman–Crippen LogP) is 5.46. The quantitative estimate of drug-likeness (QED) is 0.602. The van der Waals surface area contributed by atoms with Crippen molar-refractivity contribution in [3.05, 3.63) is 82.8 Å². The predicted molar refractivity (Wildman–Crippen MR) is 97.5 cm³/mol. The summed E-state index contributed by atoms with van der Waals surface area (Å²) < 4.78 is 43.7. The number of halogens is 4. The second-order valence-corrected chi connectivity index (χ2v) is 6.06. The van der Waals surface area contributed by atoms with Crippen molar-refractivity contribution in [3.63, 3.8) is 0 Å². The van der Waals surface area contributed by atoms with Crippen LogP contribution in [0.1, 0.15) is 26.5 Å². The first-order valence-electron chi connectivity index (χ1n) is 7.87. The molecule has 0 fully saturated rings. The molecule has 2 N–H and O–H groups in total. The lowest BCUT2D eigenvalue weighted by Crippen LogP contribution is -2.14. The van der Waals surface area contributed by atoms with Crippen LogP contribution >= 0.6 is 11.6 Å². The van der Waals surface area contributed by atoms with Crippen molar-refractivity contribution in [2.75, 3.05) is 10.6 Å². The van der Waals surface area contributed by atoms with Gasteiger partial charge in [0, 0.05) is 16.9 Å². The molecule has 0 aliphatic carbocycles. The van der Waals surface area contributed by atoms with Gasteiger partial charge in [-0.25, -0.2) is 0 Å². The second-order valence-electron chi connectivity index (χ2n) is 5.66. The first-order chi connectivity index (χ1) is 13.2. The fourth-order valence-electron chi connectivity index (χ4n) is 2.32. The molecule has 0 unspecified atom stereocenters. The molecule has 0 saturated carbocycles. The van der Waals surface area contributed by atoms with Crippen LogP contribution < -0.4 is 10.6 Å². The van der Waals surface area contributed by atoms with E-state index in [0.29, 0.717) is 17.4 Å². The van der Waals surface area contributed by atoms with Gasteiger partial charge in [-0.3, -0.25) is 9.59 Å². The van der Waals surface area contributed by atoms with Crippen molar-refractivity contribution in [1.82, 2.24) is 0 Å². The molecular formula is C19H12ClF3N2O3. The van der Waals surface area contributed by atoms with Crippen molar-refractivity contribution in [1.29, 1.82) is 0 Å². The maximum absolute atomic E-state index is 12.9. The minimum atomic E-state index is -4.67. The average molecular weight is 409 g/mol. The van der Waals surface area contributed by atoms with Gasteiger partial charge in [-0.1, -0.05) is 11.6 Å². The van der Waals surface area contributed by atoms with Crippen molar-refractivity contribution in [2.24, 2.45) is 0 Å². The monoisotopic (exact) mass is 408 g/mol. The molecule has 9 heteroatoms. The second kappa shape index (κ2) is 7.77. The molecule has 0 saturated heterocycles. The Bertz CT molecular complexity index is 1000. The number of carbonyl (C=O) groups excluding carboxylic acids is 2. The minimum Gasteiger partial charge on any atom is -0.459 e. The van der Waals surface area contributed by atoms with E-state index in [4.69, 9.17) is 16.0 Å². The van der Waals surface area contributed by atoms with Gasteiger partial charge in [0.1, 0.15) is 0 Å². The lowest BCUT2D eigenvalue weighted by Gasteiger charge is -2.11. The van der Waals surface area contributed by atoms with Crippen molar-refractivity contribution in [2.45, 2.75) is 6.18 Å². The minimum absolute atomic E-state index is 0.139. The van der Waals surface area contributed by atoms with Crippen LogP contribution in [0.2, 0.25) is 5.02 Å². The standard InChI is InChI=1S/C19H12ClF3N2O3/c20-15-8-3-11(10-14(15)19(21,22)23)17(26)24-12-4-6-13(7-5-12)25-18(27)16-2-1-9-28-16/h1-10H,(H,24,26)(H,25,27). The Hall–Kier alpha value is -3.26. The van der Waals surface area contributed by atoms with E-state index in [1.807, 2.05) is 0 Å². The zero-order chi connectivity index (χ0) is 20.3. The van der Waals surface area contributed by atoms with Gasteiger partial charge in [0.2, 0.25) is 0 Å². The van der Waals surface area contributed by atoms with Crippen LogP contribution in [0.5, 0.6) is 0 Å². The first kappa shape index (κ1) is 19.5. The third-order valence-corrected chi connectivity index (χ3v) is 4.01. The number of nitrogens with one attached hydrogen (secondary N) is 2. The fourth-order valence-corrected chi connectivity index (χ4v) is 2.55. The van der Waals surface area contributed by atoms with Gasteiger partial charge in [0.15, 0.2) is 5.76 Å². The number of hydrogen-bond acceptors (Lipinski definition) is 3. The highest BCUT2D eigenvalue weighted by Gasteiger charge is 2.33. The molecule has 0 atom stereocenters. The molecule has 0 spiro atoms. The lowest BCUT2D eigenvalue weighted by molar-refractivity contribution is -0.137. The normalized spacial score (nSPS) is 11.1. The van der Waals surface area contributed by atoms with Crippen LogP contribution in [0.3, 0.4) is 0 Å². The van der Waals surface area contributed by atoms with Crippen LogP contribution in [-0.2, 0) is 6.18 Å². The Morgan fingerprint density at radius 1 is 0.893 bits per heavy atom. The number of alkyl halides is 3. The Morgan fingerprint density at radius 3 is 2.04 bits per heavy atom. The number of amides is 2. The summed E-state index contributed by atoms with van der Waals surface area (Å²) in [4.78, 5) is 24.1. The van der Waals surface area contributed by atoms with Crippen LogP contribution in [0, 0.1) is 0 Å². The van der Waals surface area contributed by atoms with E-state index in [1.54, 1.807) is 6.07 Å². The van der Waals surface area contributed by atoms with Crippen molar-refractivity contribution >= 4 is 34.8 Å². The van der Waals surface area contributed by atoms with Gasteiger partial charge in [0.05, 0.1) is 16.8 Å². The van der Waals surface area contributed by atoms with Gasteiger partial charge in [-0.15, -0.1) is 0 Å². The largest absolute Gasteiger partial charge is 0.459 e. The Labute approximate surface area is 162 Å². The Balaban J connectivity index is 1.69. The summed E-state index contributed by atoms with van der Waals surface area (Å²) in [5.74, 6) is -1.03. The molecule has 0 bridgehead atoms. The summed E-state index contributed by atoms with van der Waals surface area (Å²) in [5.41, 5.74) is -0.487. The van der Waals surface area contributed by atoms with Crippen LogP contribution in [0.25, 0.3) is 0 Å². The molecule has 1 heterocycles. The molecule has 2 amide bonds. The van der Waals surface area contributed by atoms with E-state index >= 15 is 0 Å². The van der Waals surface area contributed by atoms with E-state index in [2.05, 4.69) is 10.6 Å². The molecule has 5 nitrogen and oxygen atoms in total. The van der Waals surface area contributed by atoms with Crippen LogP contribution in [-0.4, -0.2) is 11.8 Å². The number of furan rings is 1. The van der Waals surface area contributed by atoms with Gasteiger partial charge in [-0.05, 0) is 54.6 Å². The molecule has 2 aromatic carbocycles. The van der Waals surface area contributed by atoms with Gasteiger partial charge < -0.3 is 15.1 Å². The molecule has 3 aromatic rings. The molecule has 0 radical (unpaired) electrons. The third-order valence-electron chi connectivity index (χ3n) is 3.68. The number of rotatable bonds is 4. The van der Waals surface area contributed by atoms with Gasteiger partial charge in [-0.2, -0.15) is 13.2 Å². The highest BCUT2D eigenvalue weighted by Crippen LogP contribution is 2.35. The summed E-state index contributed by atoms with van der Waals surface area (Å²) in [6.07, 6.45) is -3.30. The number of hydrogen-bond donors (Lipinski definition) is 2. The van der Waals surface area contributed by atoms with Gasteiger partial charge in [0.25, 0.3) is 11.8 Å². The zero-order valence-electron chi connectivity index (χ0n) is 14.0. The highest BCUT2D eigenvalue weighted by atomic mass is 35.5. The average Bonchev–Trinajstić information content (AvgIpc) is 3.17. The molecule has 28 heavy (non-hydrogen) atoms. The summed E-state index contributed by atoms with van der Waals surface area (Å²) >= 11 is 5.55. The summed E-state index contributed by atoms with van der Waals surface area (Å²) in [6, 6.07) is 12.0. The van der Waals surface area contributed by atoms with Crippen LogP contribution in [0.4, 0.5) is 24.5 Å². The zero-order valence-corrected chi connectivity index (χ0v) is 14.8. The maximum atomic E-state index is 12.9. The van der Waals surface area contributed by atoms with E-state index in [0.717, 1.165) is 6.07 Å². The molecule has 0 aliphatic heterocycles. The molecule has 0 aliphatic rings. The van der Waals surface area contributed by atoms with Gasteiger partial charge >= 0.3 is 6.18 Å². The van der Waals surface area contributed by atoms with E-state index in [-0.39, 0.29) is 11.3 Å². The van der Waals surface area contributed by atoms with Crippen molar-refractivity contribution < 1.29 is 27.2 Å². The topological polar surface area (TPSA) is 71.3 Å². The van der Waals surface area contributed by atoms with Crippen molar-refractivity contribution in [3.8, 4) is 0 Å². The first-order valence-corrected chi connectivity index (χ1v) is 8.25. The summed E-state index contributed by atoms with van der Waals surface area (Å²) in [5, 5.41) is 4.60. The Morgan fingerprint density at radius 2 is 1.50 bits per heavy atom. The highest BCUT2D eigenvalue weighted by molar-refractivity contribution is 6.31. The Kier molecular flexibility index (Phi) is 5.41. The third kappa shape index (κ3) is 4.52. The maximum Gasteiger partial charge on any atom is 0.417 e. The van der Waals surface area contributed by atoms with E-state index < -0.39 is 28.6 Å². The molecule has 1 aromatic heterocycles. The number of benzene rings is 2. The molecular weight excluding hydrogens is 397 g/mol. The fraction of sp³-hybridized carbons (Fsp3) is 0.0526. The number of anilines is 2. The lowest BCUT2D eigenvalue weighted by atomic mass is 10.1. The van der Waals surface area contributed by atoms with Crippen LogP contribution in [0.15, 0.2) is 65.3 Å². The smallest absolute Gasteiger partial charge is 0.417 e. The molecule has 144 valence electrons. The molecule has 3 rings (SSSR count). The summed E-state index contributed by atoms with van der Waals surface area (Å²) in [7, 11) is 0. The SMILES string of the molecule is O=C(Nc1ccc(NC(=O)c2ccco2)cc1)c1ccc(Cl)c(C(F)(F)F)c1. The van der Waals surface area contributed by atoms with E-state index in [9.17, 15) is 22.8 Å². The number of carbonyl (C=O) groups is 2. The van der Waals surface area contributed by atoms with E-state index in [1.165, 1.54) is 42.7 Å².